The average Bonchev–Trinajstić information content (AvgIpc) is 1.99. The van der Waals surface area contributed by atoms with Crippen LogP contribution in [-0.2, 0) is 0 Å². The van der Waals surface area contributed by atoms with Gasteiger partial charge in [-0.1, -0.05) is 20.3 Å². The molecule has 0 aliphatic rings. The summed E-state index contributed by atoms with van der Waals surface area (Å²) in [4.78, 5) is 0. The lowest BCUT2D eigenvalue weighted by Gasteiger charge is -2.13. The Bertz CT molecular complexity index is 71.7. The first-order valence-electron chi connectivity index (χ1n) is 3.99. The van der Waals surface area contributed by atoms with Crippen LogP contribution in [0.5, 0.6) is 0 Å². The van der Waals surface area contributed by atoms with Crippen molar-refractivity contribution in [1.82, 2.24) is 0 Å². The minimum atomic E-state index is 0.247. The van der Waals surface area contributed by atoms with Gasteiger partial charge >= 0.3 is 0 Å². The van der Waals surface area contributed by atoms with Crippen molar-refractivity contribution >= 4 is 11.6 Å². The largest absolute Gasteiger partial charge is 0.396 e. The number of hydrogen-bond donors (Lipinski definition) is 1. The minimum absolute atomic E-state index is 0.247. The maximum absolute atomic E-state index is 8.81. The summed E-state index contributed by atoms with van der Waals surface area (Å²) in [6.07, 6.45) is 2.98. The van der Waals surface area contributed by atoms with Gasteiger partial charge in [0, 0.05) is 12.0 Å². The van der Waals surface area contributed by atoms with E-state index >= 15 is 0 Å². The van der Waals surface area contributed by atoms with Crippen molar-refractivity contribution in [3.8, 4) is 0 Å². The molecule has 2 unspecified atom stereocenters. The Hall–Kier alpha value is 0.250. The SMILES string of the molecule is CCC(Cl)CC(CC)CO. The Balaban J connectivity index is 3.41. The van der Waals surface area contributed by atoms with Gasteiger partial charge in [0.1, 0.15) is 0 Å². The van der Waals surface area contributed by atoms with Crippen LogP contribution in [-0.4, -0.2) is 17.1 Å². The summed E-state index contributed by atoms with van der Waals surface area (Å²) in [5.41, 5.74) is 0. The molecule has 0 aromatic carbocycles. The molecule has 1 N–H and O–H groups in total. The Kier molecular flexibility index (Phi) is 6.14. The highest BCUT2D eigenvalue weighted by Crippen LogP contribution is 2.16. The fraction of sp³-hybridized carbons (Fsp3) is 1.00. The maximum atomic E-state index is 8.81. The van der Waals surface area contributed by atoms with Crippen LogP contribution >= 0.6 is 11.6 Å². The van der Waals surface area contributed by atoms with Crippen molar-refractivity contribution in [3.63, 3.8) is 0 Å². The van der Waals surface area contributed by atoms with Crippen LogP contribution in [0, 0.1) is 5.92 Å². The Morgan fingerprint density at radius 2 is 1.90 bits per heavy atom. The molecule has 0 saturated heterocycles. The fourth-order valence-corrected chi connectivity index (χ4v) is 1.15. The van der Waals surface area contributed by atoms with Gasteiger partial charge in [-0.15, -0.1) is 11.6 Å². The van der Waals surface area contributed by atoms with E-state index in [1.807, 2.05) is 0 Å². The third kappa shape index (κ3) is 4.13. The van der Waals surface area contributed by atoms with Crippen molar-refractivity contribution in [1.29, 1.82) is 0 Å². The highest BCUT2D eigenvalue weighted by atomic mass is 35.5. The lowest BCUT2D eigenvalue weighted by molar-refractivity contribution is 0.213. The van der Waals surface area contributed by atoms with Crippen LogP contribution in [0.1, 0.15) is 33.1 Å². The number of alkyl halides is 1. The van der Waals surface area contributed by atoms with Crippen LogP contribution in [0.2, 0.25) is 0 Å². The molecule has 0 rings (SSSR count). The predicted octanol–water partition coefficient (Wildman–Crippen LogP) is 2.41. The number of rotatable bonds is 5. The fourth-order valence-electron chi connectivity index (χ4n) is 0.899. The predicted molar refractivity (Wildman–Crippen MR) is 45.4 cm³/mol. The number of halogens is 1. The zero-order valence-electron chi connectivity index (χ0n) is 6.81. The molecule has 0 radical (unpaired) electrons. The third-order valence-corrected chi connectivity index (χ3v) is 2.35. The van der Waals surface area contributed by atoms with Gasteiger partial charge in [0.15, 0.2) is 0 Å². The first kappa shape index (κ1) is 10.2. The first-order valence-corrected chi connectivity index (χ1v) is 4.43. The molecule has 0 saturated carbocycles. The molecule has 2 atom stereocenters. The molecule has 0 spiro atoms. The Morgan fingerprint density at radius 1 is 1.30 bits per heavy atom. The van der Waals surface area contributed by atoms with E-state index in [1.165, 1.54) is 0 Å². The van der Waals surface area contributed by atoms with E-state index < -0.39 is 0 Å². The summed E-state index contributed by atoms with van der Waals surface area (Å²) < 4.78 is 0. The van der Waals surface area contributed by atoms with E-state index in [-0.39, 0.29) is 12.0 Å². The Labute approximate surface area is 68.4 Å². The summed E-state index contributed by atoms with van der Waals surface area (Å²) >= 11 is 5.91. The summed E-state index contributed by atoms with van der Waals surface area (Å²) in [5.74, 6) is 0.405. The molecule has 0 heterocycles. The highest BCUT2D eigenvalue weighted by molar-refractivity contribution is 6.20. The highest BCUT2D eigenvalue weighted by Gasteiger charge is 2.09. The van der Waals surface area contributed by atoms with Gasteiger partial charge in [0.2, 0.25) is 0 Å². The van der Waals surface area contributed by atoms with Crippen LogP contribution in [0.4, 0.5) is 0 Å². The lowest BCUT2D eigenvalue weighted by atomic mass is 10.0. The molecule has 0 amide bonds. The number of hydrogen-bond acceptors (Lipinski definition) is 1. The summed E-state index contributed by atoms with van der Waals surface area (Å²) in [5, 5.41) is 9.06. The molecule has 0 aromatic rings. The number of aliphatic hydroxyl groups is 1. The van der Waals surface area contributed by atoms with Crippen molar-refractivity contribution in [2.75, 3.05) is 6.61 Å². The zero-order chi connectivity index (χ0) is 7.98. The number of aliphatic hydroxyl groups excluding tert-OH is 1. The maximum Gasteiger partial charge on any atom is 0.0459 e. The third-order valence-electron chi connectivity index (χ3n) is 1.87. The van der Waals surface area contributed by atoms with Gasteiger partial charge in [0.05, 0.1) is 0 Å². The molecular formula is C8H17ClO. The topological polar surface area (TPSA) is 20.2 Å². The molecule has 10 heavy (non-hydrogen) atoms. The van der Waals surface area contributed by atoms with Crippen LogP contribution < -0.4 is 0 Å². The van der Waals surface area contributed by atoms with Gasteiger partial charge in [-0.2, -0.15) is 0 Å². The normalized spacial score (nSPS) is 16.8. The van der Waals surface area contributed by atoms with Crippen molar-refractivity contribution in [2.24, 2.45) is 5.92 Å². The second-order valence-electron chi connectivity index (χ2n) is 2.70. The van der Waals surface area contributed by atoms with E-state index in [1.54, 1.807) is 0 Å². The summed E-state index contributed by atoms with van der Waals surface area (Å²) in [6, 6.07) is 0. The smallest absolute Gasteiger partial charge is 0.0459 e. The van der Waals surface area contributed by atoms with Crippen LogP contribution in [0.25, 0.3) is 0 Å². The van der Waals surface area contributed by atoms with Crippen molar-refractivity contribution < 1.29 is 5.11 Å². The molecule has 0 fully saturated rings. The summed E-state index contributed by atoms with van der Waals surface area (Å²) in [6.45, 7) is 4.43. The molecule has 0 aromatic heterocycles. The van der Waals surface area contributed by atoms with Crippen molar-refractivity contribution in [3.05, 3.63) is 0 Å². The van der Waals surface area contributed by atoms with Gasteiger partial charge in [-0.25, -0.2) is 0 Å². The van der Waals surface area contributed by atoms with Gasteiger partial charge in [0.25, 0.3) is 0 Å². The lowest BCUT2D eigenvalue weighted by Crippen LogP contribution is -2.10. The van der Waals surface area contributed by atoms with E-state index in [9.17, 15) is 0 Å². The molecule has 1 nitrogen and oxygen atoms in total. The van der Waals surface area contributed by atoms with E-state index in [4.69, 9.17) is 16.7 Å². The summed E-state index contributed by atoms with van der Waals surface area (Å²) in [7, 11) is 0. The standard InChI is InChI=1S/C8H17ClO/c1-3-7(6-10)5-8(9)4-2/h7-8,10H,3-6H2,1-2H3. The quantitative estimate of drug-likeness (QED) is 0.619. The van der Waals surface area contributed by atoms with Gasteiger partial charge < -0.3 is 5.11 Å². The molecule has 2 heteroatoms. The average molecular weight is 165 g/mol. The van der Waals surface area contributed by atoms with E-state index in [2.05, 4.69) is 13.8 Å². The van der Waals surface area contributed by atoms with Gasteiger partial charge in [-0.3, -0.25) is 0 Å². The second-order valence-corrected chi connectivity index (χ2v) is 3.32. The molecule has 62 valence electrons. The van der Waals surface area contributed by atoms with Crippen molar-refractivity contribution in [2.45, 2.75) is 38.5 Å². The van der Waals surface area contributed by atoms with E-state index in [0.717, 1.165) is 19.3 Å². The first-order chi connectivity index (χ1) is 4.74. The molecular weight excluding hydrogens is 148 g/mol. The Morgan fingerprint density at radius 3 is 2.20 bits per heavy atom. The molecule has 0 bridgehead atoms. The minimum Gasteiger partial charge on any atom is -0.396 e. The van der Waals surface area contributed by atoms with E-state index in [0.29, 0.717) is 5.92 Å². The zero-order valence-corrected chi connectivity index (χ0v) is 7.56. The van der Waals surface area contributed by atoms with Crippen LogP contribution in [0.3, 0.4) is 0 Å². The monoisotopic (exact) mass is 164 g/mol. The molecule has 0 aliphatic heterocycles. The molecule has 0 aliphatic carbocycles. The van der Waals surface area contributed by atoms with Crippen LogP contribution in [0.15, 0.2) is 0 Å². The second kappa shape index (κ2) is 5.99. The van der Waals surface area contributed by atoms with Gasteiger partial charge in [-0.05, 0) is 18.8 Å².